The maximum absolute atomic E-state index is 10.5. The molecule has 2 fully saturated rings. The number of ether oxygens (including phenoxy) is 1. The van der Waals surface area contributed by atoms with Crippen molar-refractivity contribution in [3.05, 3.63) is 52.8 Å². The fourth-order valence-corrected chi connectivity index (χ4v) is 3.18. The Labute approximate surface area is 158 Å². The summed E-state index contributed by atoms with van der Waals surface area (Å²) in [5, 5.41) is 3.81. The van der Waals surface area contributed by atoms with E-state index in [0.717, 1.165) is 30.0 Å². The van der Waals surface area contributed by atoms with Crippen LogP contribution in [0.5, 0.6) is 5.75 Å². The Morgan fingerprint density at radius 1 is 1.23 bits per heavy atom. The molecular weight excluding hydrogens is 376 g/mol. The molecule has 1 aromatic carbocycles. The molecule has 0 unspecified atom stereocenters. The summed E-state index contributed by atoms with van der Waals surface area (Å²) in [5.74, 6) is 1.47. The third kappa shape index (κ3) is 5.17. The zero-order valence-electron chi connectivity index (χ0n) is 14.4. The second kappa shape index (κ2) is 7.92. The van der Waals surface area contributed by atoms with Gasteiger partial charge in [0.15, 0.2) is 0 Å². The third-order valence-electron chi connectivity index (χ3n) is 4.22. The van der Waals surface area contributed by atoms with Crippen LogP contribution in [0.1, 0.15) is 29.9 Å². The predicted molar refractivity (Wildman–Crippen MR) is 99.5 cm³/mol. The van der Waals surface area contributed by atoms with Gasteiger partial charge in [0.05, 0.1) is 11.1 Å². The van der Waals surface area contributed by atoms with Crippen molar-refractivity contribution in [1.82, 2.24) is 10.3 Å². The lowest BCUT2D eigenvalue weighted by molar-refractivity contribution is 0.141. The van der Waals surface area contributed by atoms with Crippen LogP contribution in [0.15, 0.2) is 41.4 Å². The minimum absolute atomic E-state index is 0.0666. The summed E-state index contributed by atoms with van der Waals surface area (Å²) in [5.41, 5.74) is 2.11. The Bertz CT molecular complexity index is 863. The van der Waals surface area contributed by atoms with E-state index >= 15 is 0 Å². The summed E-state index contributed by atoms with van der Waals surface area (Å²) in [6.45, 7) is 3.70. The molecule has 0 atom stereocenters. The van der Waals surface area contributed by atoms with E-state index in [4.69, 9.17) is 20.9 Å². The van der Waals surface area contributed by atoms with Gasteiger partial charge in [-0.25, -0.2) is 4.98 Å². The topological polar surface area (TPSA) is 88.5 Å². The SMILES string of the molecule is Cc1ccc(S(=O)(=O)O)cc1.Clc1ncc(OC2CNC2)cc1C1CC1. The van der Waals surface area contributed by atoms with Gasteiger partial charge in [0.1, 0.15) is 17.0 Å². The molecule has 26 heavy (non-hydrogen) atoms. The van der Waals surface area contributed by atoms with E-state index in [-0.39, 0.29) is 4.90 Å². The highest BCUT2D eigenvalue weighted by atomic mass is 35.5. The van der Waals surface area contributed by atoms with E-state index in [1.807, 2.05) is 13.0 Å². The molecule has 1 saturated heterocycles. The molecule has 1 saturated carbocycles. The van der Waals surface area contributed by atoms with Gasteiger partial charge in [0.25, 0.3) is 10.1 Å². The second-order valence-electron chi connectivity index (χ2n) is 6.51. The number of aromatic nitrogens is 1. The normalized spacial score (nSPS) is 17.0. The van der Waals surface area contributed by atoms with Crippen LogP contribution >= 0.6 is 11.6 Å². The van der Waals surface area contributed by atoms with Gasteiger partial charge in [0.2, 0.25) is 0 Å². The summed E-state index contributed by atoms with van der Waals surface area (Å²) in [6.07, 6.45) is 4.48. The Kier molecular flexibility index (Phi) is 5.82. The Balaban J connectivity index is 0.000000160. The van der Waals surface area contributed by atoms with Gasteiger partial charge < -0.3 is 10.1 Å². The van der Waals surface area contributed by atoms with Crippen LogP contribution in [0.2, 0.25) is 5.15 Å². The molecule has 1 aliphatic carbocycles. The lowest BCUT2D eigenvalue weighted by Crippen LogP contribution is -2.50. The average Bonchev–Trinajstić information content (AvgIpc) is 3.37. The standard InChI is InChI=1S/C11H13ClN2O.C7H8O3S/c12-11-10(7-1-2-7)3-8(6-14-11)15-9-4-13-5-9;1-6-2-4-7(5-3-6)11(8,9)10/h3,6-7,9,13H,1-2,4-5H2;2-5H,1H3,(H,8,9,10). The Morgan fingerprint density at radius 3 is 2.38 bits per heavy atom. The minimum atomic E-state index is -4.02. The molecule has 2 aliphatic rings. The number of benzene rings is 1. The lowest BCUT2D eigenvalue weighted by Gasteiger charge is -2.27. The molecule has 2 aromatic rings. The van der Waals surface area contributed by atoms with Crippen molar-refractivity contribution in [1.29, 1.82) is 0 Å². The first kappa shape index (κ1) is 19.1. The molecule has 8 heteroatoms. The second-order valence-corrected chi connectivity index (χ2v) is 8.29. The van der Waals surface area contributed by atoms with Crippen LogP contribution in [-0.4, -0.2) is 37.1 Å². The maximum atomic E-state index is 10.5. The van der Waals surface area contributed by atoms with Crippen molar-refractivity contribution < 1.29 is 17.7 Å². The molecule has 4 rings (SSSR count). The summed E-state index contributed by atoms with van der Waals surface area (Å²) in [4.78, 5) is 4.11. The van der Waals surface area contributed by atoms with Crippen molar-refractivity contribution in [3.8, 4) is 5.75 Å². The van der Waals surface area contributed by atoms with Crippen LogP contribution in [0.4, 0.5) is 0 Å². The summed E-state index contributed by atoms with van der Waals surface area (Å²) in [7, 11) is -4.02. The van der Waals surface area contributed by atoms with Crippen molar-refractivity contribution in [2.75, 3.05) is 13.1 Å². The zero-order valence-corrected chi connectivity index (χ0v) is 15.9. The number of hydrogen-bond acceptors (Lipinski definition) is 5. The summed E-state index contributed by atoms with van der Waals surface area (Å²) in [6, 6.07) is 8.03. The van der Waals surface area contributed by atoms with Gasteiger partial charge in [-0.15, -0.1) is 0 Å². The van der Waals surface area contributed by atoms with Gasteiger partial charge in [-0.2, -0.15) is 8.42 Å². The average molecular weight is 397 g/mol. The number of hydrogen-bond donors (Lipinski definition) is 2. The first-order chi connectivity index (χ1) is 12.3. The van der Waals surface area contributed by atoms with Crippen LogP contribution < -0.4 is 10.1 Å². The van der Waals surface area contributed by atoms with E-state index in [1.54, 1.807) is 18.3 Å². The molecule has 0 spiro atoms. The van der Waals surface area contributed by atoms with E-state index in [0.29, 0.717) is 17.2 Å². The van der Waals surface area contributed by atoms with Crippen molar-refractivity contribution in [2.24, 2.45) is 0 Å². The van der Waals surface area contributed by atoms with E-state index in [9.17, 15) is 8.42 Å². The first-order valence-electron chi connectivity index (χ1n) is 8.40. The fraction of sp³-hybridized carbons (Fsp3) is 0.389. The van der Waals surface area contributed by atoms with Gasteiger partial charge in [0, 0.05) is 13.1 Å². The molecule has 0 bridgehead atoms. The Morgan fingerprint density at radius 2 is 1.88 bits per heavy atom. The number of halogens is 1. The highest BCUT2D eigenvalue weighted by molar-refractivity contribution is 7.85. The van der Waals surface area contributed by atoms with Crippen LogP contribution in [-0.2, 0) is 10.1 Å². The van der Waals surface area contributed by atoms with Crippen molar-refractivity contribution in [3.63, 3.8) is 0 Å². The molecule has 1 aliphatic heterocycles. The van der Waals surface area contributed by atoms with Crippen LogP contribution in [0, 0.1) is 6.92 Å². The van der Waals surface area contributed by atoms with Gasteiger partial charge >= 0.3 is 0 Å². The third-order valence-corrected chi connectivity index (χ3v) is 5.41. The van der Waals surface area contributed by atoms with E-state index in [1.165, 1.54) is 25.0 Å². The summed E-state index contributed by atoms with van der Waals surface area (Å²) >= 11 is 6.04. The molecule has 1 aromatic heterocycles. The van der Waals surface area contributed by atoms with Gasteiger partial charge in [-0.05, 0) is 49.4 Å². The molecule has 2 heterocycles. The largest absolute Gasteiger partial charge is 0.486 e. The van der Waals surface area contributed by atoms with Crippen molar-refractivity contribution in [2.45, 2.75) is 36.7 Å². The van der Waals surface area contributed by atoms with E-state index in [2.05, 4.69) is 10.3 Å². The highest BCUT2D eigenvalue weighted by Crippen LogP contribution is 2.43. The molecule has 0 amide bonds. The fourth-order valence-electron chi connectivity index (χ4n) is 2.44. The monoisotopic (exact) mass is 396 g/mol. The number of nitrogens with zero attached hydrogens (tertiary/aromatic N) is 1. The number of nitrogens with one attached hydrogen (secondary N) is 1. The van der Waals surface area contributed by atoms with Crippen molar-refractivity contribution >= 4 is 21.7 Å². The molecule has 2 N–H and O–H groups in total. The number of pyridine rings is 1. The first-order valence-corrected chi connectivity index (χ1v) is 10.2. The van der Waals surface area contributed by atoms with Gasteiger partial charge in [-0.3, -0.25) is 4.55 Å². The zero-order chi connectivity index (χ0) is 18.7. The van der Waals surface area contributed by atoms with E-state index < -0.39 is 10.1 Å². The quantitative estimate of drug-likeness (QED) is 0.609. The summed E-state index contributed by atoms with van der Waals surface area (Å²) < 4.78 is 35.3. The minimum Gasteiger partial charge on any atom is -0.486 e. The molecular formula is C18H21ClN2O4S. The smallest absolute Gasteiger partial charge is 0.294 e. The lowest BCUT2D eigenvalue weighted by atomic mass is 10.2. The maximum Gasteiger partial charge on any atom is 0.294 e. The molecule has 0 radical (unpaired) electrons. The van der Waals surface area contributed by atoms with Gasteiger partial charge in [-0.1, -0.05) is 29.3 Å². The molecule has 140 valence electrons. The molecule has 6 nitrogen and oxygen atoms in total. The highest BCUT2D eigenvalue weighted by Gasteiger charge is 2.27. The number of rotatable bonds is 4. The number of aryl methyl sites for hydroxylation is 1. The predicted octanol–water partition coefficient (Wildman–Crippen LogP) is 3.20. The van der Waals surface area contributed by atoms with Crippen LogP contribution in [0.3, 0.4) is 0 Å². The van der Waals surface area contributed by atoms with Crippen LogP contribution in [0.25, 0.3) is 0 Å². The Hall–Kier alpha value is -1.67.